The van der Waals surface area contributed by atoms with Crippen molar-refractivity contribution in [1.82, 2.24) is 4.90 Å². The number of carbonyl (C=O) groups is 1. The van der Waals surface area contributed by atoms with Crippen molar-refractivity contribution in [2.75, 3.05) is 18.9 Å². The molecular formula is C16H24N2O. The first-order valence-electron chi connectivity index (χ1n) is 7.05. The van der Waals surface area contributed by atoms with Gasteiger partial charge in [-0.25, -0.2) is 0 Å². The molecule has 1 aromatic rings. The lowest BCUT2D eigenvalue weighted by Gasteiger charge is -2.24. The van der Waals surface area contributed by atoms with E-state index >= 15 is 0 Å². The lowest BCUT2D eigenvalue weighted by atomic mass is 10.1. The van der Waals surface area contributed by atoms with Gasteiger partial charge in [0, 0.05) is 11.7 Å². The molecule has 0 radical (unpaired) electrons. The Morgan fingerprint density at radius 3 is 2.47 bits per heavy atom. The molecule has 0 heterocycles. The van der Waals surface area contributed by atoms with Crippen LogP contribution in [0.25, 0.3) is 0 Å². The minimum Gasteiger partial charge on any atom is -0.324 e. The molecule has 1 unspecified atom stereocenters. The van der Waals surface area contributed by atoms with Crippen molar-refractivity contribution in [1.29, 1.82) is 0 Å². The van der Waals surface area contributed by atoms with Gasteiger partial charge in [0.25, 0.3) is 0 Å². The predicted octanol–water partition coefficient (Wildman–Crippen LogP) is 2.97. The van der Waals surface area contributed by atoms with E-state index in [1.165, 1.54) is 12.8 Å². The Bertz CT molecular complexity index is 446. The maximum Gasteiger partial charge on any atom is 0.238 e. The summed E-state index contributed by atoms with van der Waals surface area (Å²) in [6.45, 7) is 6.73. The second-order valence-corrected chi connectivity index (χ2v) is 5.81. The number of aryl methyl sites for hydroxylation is 2. The molecule has 19 heavy (non-hydrogen) atoms. The fourth-order valence-electron chi connectivity index (χ4n) is 2.50. The zero-order valence-electron chi connectivity index (χ0n) is 12.4. The molecule has 1 atom stereocenters. The van der Waals surface area contributed by atoms with Crippen LogP contribution < -0.4 is 5.32 Å². The average molecular weight is 260 g/mol. The minimum absolute atomic E-state index is 0.0763. The largest absolute Gasteiger partial charge is 0.324 e. The number of benzene rings is 1. The maximum absolute atomic E-state index is 12.1. The molecule has 1 aliphatic carbocycles. The van der Waals surface area contributed by atoms with Crippen LogP contribution >= 0.6 is 0 Å². The Morgan fingerprint density at radius 2 is 1.95 bits per heavy atom. The minimum atomic E-state index is 0.0763. The topological polar surface area (TPSA) is 32.3 Å². The summed E-state index contributed by atoms with van der Waals surface area (Å²) in [7, 11) is 2.03. The number of para-hydroxylation sites is 1. The van der Waals surface area contributed by atoms with Crippen LogP contribution in [0.2, 0.25) is 0 Å². The SMILES string of the molecule is Cc1cccc(C)c1NC(=O)CN(C)C(C)C1CC1. The number of nitrogens with one attached hydrogen (secondary N) is 1. The Labute approximate surface area is 116 Å². The van der Waals surface area contributed by atoms with E-state index in [9.17, 15) is 4.79 Å². The summed E-state index contributed by atoms with van der Waals surface area (Å²) < 4.78 is 0. The van der Waals surface area contributed by atoms with E-state index in [-0.39, 0.29) is 5.91 Å². The Morgan fingerprint density at radius 1 is 1.37 bits per heavy atom. The van der Waals surface area contributed by atoms with E-state index in [4.69, 9.17) is 0 Å². The molecule has 1 saturated carbocycles. The molecule has 0 aliphatic heterocycles. The maximum atomic E-state index is 12.1. The van der Waals surface area contributed by atoms with Gasteiger partial charge in [0.1, 0.15) is 0 Å². The van der Waals surface area contributed by atoms with E-state index in [0.717, 1.165) is 22.7 Å². The fourth-order valence-corrected chi connectivity index (χ4v) is 2.50. The second kappa shape index (κ2) is 5.74. The smallest absolute Gasteiger partial charge is 0.238 e. The summed E-state index contributed by atoms with van der Waals surface area (Å²) in [5, 5.41) is 3.04. The van der Waals surface area contributed by atoms with Gasteiger partial charge in [-0.1, -0.05) is 18.2 Å². The molecule has 0 bridgehead atoms. The standard InChI is InChI=1S/C16H24N2O/c1-11-6-5-7-12(2)16(11)17-15(19)10-18(4)13(3)14-8-9-14/h5-7,13-14H,8-10H2,1-4H3,(H,17,19). The van der Waals surface area contributed by atoms with Crippen molar-refractivity contribution in [3.05, 3.63) is 29.3 Å². The number of hydrogen-bond acceptors (Lipinski definition) is 2. The molecule has 104 valence electrons. The third-order valence-electron chi connectivity index (χ3n) is 4.14. The van der Waals surface area contributed by atoms with Crippen LogP contribution in [0.15, 0.2) is 18.2 Å². The van der Waals surface area contributed by atoms with E-state index in [1.807, 2.05) is 39.1 Å². The summed E-state index contributed by atoms with van der Waals surface area (Å²) in [5.41, 5.74) is 3.19. The zero-order valence-corrected chi connectivity index (χ0v) is 12.4. The highest BCUT2D eigenvalue weighted by atomic mass is 16.2. The first-order chi connectivity index (χ1) is 8.99. The van der Waals surface area contributed by atoms with Crippen molar-refractivity contribution in [2.45, 2.75) is 39.7 Å². The first kappa shape index (κ1) is 14.1. The number of anilines is 1. The number of rotatable bonds is 5. The Kier molecular flexibility index (Phi) is 4.25. The van der Waals surface area contributed by atoms with E-state index < -0.39 is 0 Å². The molecule has 2 rings (SSSR count). The number of likely N-dealkylation sites (N-methyl/N-ethyl adjacent to an activating group) is 1. The highest BCUT2D eigenvalue weighted by Gasteiger charge is 2.31. The van der Waals surface area contributed by atoms with Crippen LogP contribution in [-0.2, 0) is 4.79 Å². The van der Waals surface area contributed by atoms with E-state index in [1.54, 1.807) is 0 Å². The van der Waals surface area contributed by atoms with Crippen molar-refractivity contribution in [3.63, 3.8) is 0 Å². The van der Waals surface area contributed by atoms with Gasteiger partial charge in [-0.2, -0.15) is 0 Å². The van der Waals surface area contributed by atoms with Crippen molar-refractivity contribution in [3.8, 4) is 0 Å². The third-order valence-corrected chi connectivity index (χ3v) is 4.14. The monoisotopic (exact) mass is 260 g/mol. The van der Waals surface area contributed by atoms with Gasteiger partial charge >= 0.3 is 0 Å². The summed E-state index contributed by atoms with van der Waals surface area (Å²) in [6, 6.07) is 6.57. The molecule has 3 nitrogen and oxygen atoms in total. The fraction of sp³-hybridized carbons (Fsp3) is 0.562. The lowest BCUT2D eigenvalue weighted by molar-refractivity contribution is -0.117. The van der Waals surface area contributed by atoms with Crippen LogP contribution in [0, 0.1) is 19.8 Å². The van der Waals surface area contributed by atoms with Gasteiger partial charge in [0.05, 0.1) is 6.54 Å². The van der Waals surface area contributed by atoms with Crippen LogP contribution in [0.1, 0.15) is 30.9 Å². The molecule has 1 aliphatic rings. The normalized spacial score (nSPS) is 16.5. The highest BCUT2D eigenvalue weighted by Crippen LogP contribution is 2.34. The van der Waals surface area contributed by atoms with E-state index in [0.29, 0.717) is 12.6 Å². The average Bonchev–Trinajstić information content (AvgIpc) is 3.17. The van der Waals surface area contributed by atoms with Crippen LogP contribution in [0.5, 0.6) is 0 Å². The van der Waals surface area contributed by atoms with Gasteiger partial charge < -0.3 is 5.32 Å². The molecule has 1 N–H and O–H groups in total. The van der Waals surface area contributed by atoms with Gasteiger partial charge in [-0.15, -0.1) is 0 Å². The molecule has 0 aromatic heterocycles. The molecule has 1 amide bonds. The second-order valence-electron chi connectivity index (χ2n) is 5.81. The van der Waals surface area contributed by atoms with Gasteiger partial charge in [-0.3, -0.25) is 9.69 Å². The summed E-state index contributed by atoms with van der Waals surface area (Å²) in [4.78, 5) is 14.3. The molecule has 0 spiro atoms. The van der Waals surface area contributed by atoms with Crippen LogP contribution in [-0.4, -0.2) is 30.4 Å². The number of nitrogens with zero attached hydrogens (tertiary/aromatic N) is 1. The van der Waals surface area contributed by atoms with Crippen LogP contribution in [0.4, 0.5) is 5.69 Å². The van der Waals surface area contributed by atoms with Crippen molar-refractivity contribution in [2.24, 2.45) is 5.92 Å². The van der Waals surface area contributed by atoms with Gasteiger partial charge in [0.15, 0.2) is 0 Å². The highest BCUT2D eigenvalue weighted by molar-refractivity contribution is 5.93. The number of carbonyl (C=O) groups excluding carboxylic acids is 1. The van der Waals surface area contributed by atoms with E-state index in [2.05, 4.69) is 17.1 Å². The van der Waals surface area contributed by atoms with Crippen LogP contribution in [0.3, 0.4) is 0 Å². The Balaban J connectivity index is 1.93. The molecule has 3 heteroatoms. The predicted molar refractivity (Wildman–Crippen MR) is 79.4 cm³/mol. The molecule has 1 aromatic carbocycles. The van der Waals surface area contributed by atoms with Gasteiger partial charge in [0.2, 0.25) is 5.91 Å². The summed E-state index contributed by atoms with van der Waals surface area (Å²) in [6.07, 6.45) is 2.62. The molecular weight excluding hydrogens is 236 g/mol. The number of hydrogen-bond donors (Lipinski definition) is 1. The Hall–Kier alpha value is -1.35. The van der Waals surface area contributed by atoms with Crippen molar-refractivity contribution >= 4 is 11.6 Å². The lowest BCUT2D eigenvalue weighted by Crippen LogP contribution is -2.37. The molecule has 1 fully saturated rings. The zero-order chi connectivity index (χ0) is 14.0. The summed E-state index contributed by atoms with van der Waals surface area (Å²) in [5.74, 6) is 0.866. The summed E-state index contributed by atoms with van der Waals surface area (Å²) >= 11 is 0. The van der Waals surface area contributed by atoms with Crippen molar-refractivity contribution < 1.29 is 4.79 Å². The van der Waals surface area contributed by atoms with Gasteiger partial charge in [-0.05, 0) is 57.7 Å². The quantitative estimate of drug-likeness (QED) is 0.882. The molecule has 0 saturated heterocycles. The first-order valence-corrected chi connectivity index (χ1v) is 7.05. The number of amides is 1. The third kappa shape index (κ3) is 3.57.